The molecule has 1 aliphatic heterocycles. The molecule has 5 heteroatoms. The van der Waals surface area contributed by atoms with E-state index in [1.165, 1.54) is 0 Å². The Morgan fingerprint density at radius 2 is 2.31 bits per heavy atom. The Bertz CT molecular complexity index is 284. The summed E-state index contributed by atoms with van der Waals surface area (Å²) in [6, 6.07) is 3.75. The minimum absolute atomic E-state index is 0.237. The van der Waals surface area contributed by atoms with E-state index in [0.717, 1.165) is 18.8 Å². The zero-order valence-corrected chi connectivity index (χ0v) is 7.95. The van der Waals surface area contributed by atoms with E-state index in [0.29, 0.717) is 5.82 Å². The van der Waals surface area contributed by atoms with Gasteiger partial charge in [-0.05, 0) is 25.0 Å². The van der Waals surface area contributed by atoms with Crippen molar-refractivity contribution < 1.29 is 4.18 Å². The number of nitrogens with zero attached hydrogens (tertiary/aromatic N) is 2. The first-order valence-corrected chi connectivity index (χ1v) is 4.43. The lowest BCUT2D eigenvalue weighted by atomic mass is 10.1. The molecule has 0 unspecified atom stereocenters. The Labute approximate surface area is 82.3 Å². The van der Waals surface area contributed by atoms with Crippen LogP contribution in [0.1, 0.15) is 0 Å². The van der Waals surface area contributed by atoms with Gasteiger partial charge in [-0.2, -0.15) is 0 Å². The minimum atomic E-state index is 0.237. The molecule has 0 aliphatic carbocycles. The molecule has 0 aromatic carbocycles. The second-order valence-corrected chi connectivity index (χ2v) is 3.28. The van der Waals surface area contributed by atoms with Crippen molar-refractivity contribution in [1.29, 1.82) is 0 Å². The number of nitrogens with two attached hydrogens (primary N) is 1. The number of nitrogen functional groups attached to an aromatic ring is 1. The highest BCUT2D eigenvalue weighted by atomic mass is 32.1. The van der Waals surface area contributed by atoms with Crippen LogP contribution in [0.5, 0.6) is 0 Å². The molecular formula is C8H11N3OS. The van der Waals surface area contributed by atoms with E-state index in [-0.39, 0.29) is 6.10 Å². The third-order valence-electron chi connectivity index (χ3n) is 2.13. The van der Waals surface area contributed by atoms with Gasteiger partial charge in [0.2, 0.25) is 0 Å². The second kappa shape index (κ2) is 3.43. The molecule has 4 nitrogen and oxygen atoms in total. The second-order valence-electron chi connectivity index (χ2n) is 3.07. The molecule has 1 aromatic rings. The topological polar surface area (TPSA) is 51.4 Å². The lowest BCUT2D eigenvalue weighted by molar-refractivity contribution is 0.205. The molecule has 0 spiro atoms. The smallest absolute Gasteiger partial charge is 0.123 e. The van der Waals surface area contributed by atoms with E-state index in [2.05, 4.69) is 22.8 Å². The first kappa shape index (κ1) is 8.65. The average Bonchev–Trinajstić information content (AvgIpc) is 2.06. The van der Waals surface area contributed by atoms with Gasteiger partial charge in [-0.3, -0.25) is 0 Å². The third-order valence-corrected chi connectivity index (χ3v) is 2.43. The number of anilines is 2. The van der Waals surface area contributed by atoms with Crippen molar-refractivity contribution >= 4 is 24.4 Å². The van der Waals surface area contributed by atoms with Gasteiger partial charge in [0.05, 0.1) is 11.9 Å². The van der Waals surface area contributed by atoms with Gasteiger partial charge in [0.1, 0.15) is 11.9 Å². The Morgan fingerprint density at radius 1 is 1.54 bits per heavy atom. The summed E-state index contributed by atoms with van der Waals surface area (Å²) in [5.74, 6) is 0.547. The van der Waals surface area contributed by atoms with Crippen LogP contribution in [0.2, 0.25) is 0 Å². The van der Waals surface area contributed by atoms with Gasteiger partial charge in [-0.15, -0.1) is 0 Å². The van der Waals surface area contributed by atoms with Crippen LogP contribution < -0.4 is 10.6 Å². The summed E-state index contributed by atoms with van der Waals surface area (Å²) in [5, 5.41) is 0. The SMILES string of the molecule is Nc1ccc(N2CC(OS)C2)cn1. The first-order chi connectivity index (χ1) is 6.29. The molecule has 1 aliphatic rings. The maximum atomic E-state index is 5.47. The molecule has 0 radical (unpaired) electrons. The summed E-state index contributed by atoms with van der Waals surface area (Å²) in [6.45, 7) is 1.74. The highest BCUT2D eigenvalue weighted by Crippen LogP contribution is 2.22. The average molecular weight is 197 g/mol. The molecule has 1 saturated heterocycles. The van der Waals surface area contributed by atoms with Gasteiger partial charge in [0, 0.05) is 13.1 Å². The van der Waals surface area contributed by atoms with Gasteiger partial charge in [-0.1, -0.05) is 0 Å². The van der Waals surface area contributed by atoms with Crippen LogP contribution in [0, 0.1) is 0 Å². The summed E-state index contributed by atoms with van der Waals surface area (Å²) in [5.41, 5.74) is 6.55. The largest absolute Gasteiger partial charge is 0.384 e. The summed E-state index contributed by atoms with van der Waals surface area (Å²) in [7, 11) is 0. The molecule has 0 saturated carbocycles. The fraction of sp³-hybridized carbons (Fsp3) is 0.375. The number of pyridine rings is 1. The molecule has 1 fully saturated rings. The van der Waals surface area contributed by atoms with Crippen LogP contribution in [0.3, 0.4) is 0 Å². The minimum Gasteiger partial charge on any atom is -0.384 e. The third kappa shape index (κ3) is 1.71. The van der Waals surface area contributed by atoms with E-state index < -0.39 is 0 Å². The number of hydrogen-bond acceptors (Lipinski definition) is 5. The molecule has 1 aromatic heterocycles. The van der Waals surface area contributed by atoms with Crippen LogP contribution in [-0.4, -0.2) is 24.2 Å². The van der Waals surface area contributed by atoms with Crippen LogP contribution in [0.25, 0.3) is 0 Å². The molecule has 2 heterocycles. The summed E-state index contributed by atoms with van der Waals surface area (Å²) in [6.07, 6.45) is 2.00. The van der Waals surface area contributed by atoms with Crippen molar-refractivity contribution in [3.8, 4) is 0 Å². The highest BCUT2D eigenvalue weighted by molar-refractivity contribution is 7.75. The highest BCUT2D eigenvalue weighted by Gasteiger charge is 2.27. The van der Waals surface area contributed by atoms with E-state index in [1.54, 1.807) is 12.3 Å². The quantitative estimate of drug-likeness (QED) is 0.541. The molecule has 2 rings (SSSR count). The summed E-state index contributed by atoms with van der Waals surface area (Å²) in [4.78, 5) is 6.17. The monoisotopic (exact) mass is 197 g/mol. The zero-order chi connectivity index (χ0) is 9.26. The molecule has 70 valence electrons. The van der Waals surface area contributed by atoms with Crippen molar-refractivity contribution in [2.45, 2.75) is 6.10 Å². The Morgan fingerprint density at radius 3 is 2.85 bits per heavy atom. The standard InChI is InChI=1S/C8H11N3OS/c9-8-2-1-6(3-10-8)11-4-7(5-11)12-13/h1-3,7,13H,4-5H2,(H2,9,10). The van der Waals surface area contributed by atoms with Gasteiger partial charge in [0.25, 0.3) is 0 Å². The zero-order valence-electron chi connectivity index (χ0n) is 7.05. The number of thiol groups is 1. The van der Waals surface area contributed by atoms with E-state index >= 15 is 0 Å². The maximum Gasteiger partial charge on any atom is 0.123 e. The number of aromatic nitrogens is 1. The van der Waals surface area contributed by atoms with Gasteiger partial charge >= 0.3 is 0 Å². The molecule has 0 atom stereocenters. The Kier molecular flexibility index (Phi) is 2.28. The fourth-order valence-electron chi connectivity index (χ4n) is 1.30. The predicted octanol–water partition coefficient (Wildman–Crippen LogP) is 0.714. The molecule has 13 heavy (non-hydrogen) atoms. The van der Waals surface area contributed by atoms with E-state index in [4.69, 9.17) is 9.92 Å². The van der Waals surface area contributed by atoms with Crippen molar-refractivity contribution in [2.24, 2.45) is 0 Å². The fourth-order valence-corrected chi connectivity index (χ4v) is 1.43. The maximum absolute atomic E-state index is 5.47. The van der Waals surface area contributed by atoms with Crippen LogP contribution in [-0.2, 0) is 4.18 Å². The Balaban J connectivity index is 1.99. The lowest BCUT2D eigenvalue weighted by Gasteiger charge is -2.38. The molecule has 0 amide bonds. The molecule has 0 bridgehead atoms. The predicted molar refractivity (Wildman–Crippen MR) is 54.7 cm³/mol. The van der Waals surface area contributed by atoms with Crippen LogP contribution in [0.15, 0.2) is 18.3 Å². The van der Waals surface area contributed by atoms with Crippen molar-refractivity contribution in [1.82, 2.24) is 4.98 Å². The first-order valence-electron chi connectivity index (χ1n) is 4.06. The normalized spacial score (nSPS) is 17.2. The Hall–Kier alpha value is -0.940. The molecular weight excluding hydrogens is 186 g/mol. The van der Waals surface area contributed by atoms with Crippen molar-refractivity contribution in [3.05, 3.63) is 18.3 Å². The number of rotatable bonds is 2. The van der Waals surface area contributed by atoms with Gasteiger partial charge < -0.3 is 14.8 Å². The van der Waals surface area contributed by atoms with Crippen molar-refractivity contribution in [3.63, 3.8) is 0 Å². The van der Waals surface area contributed by atoms with E-state index in [9.17, 15) is 0 Å². The van der Waals surface area contributed by atoms with Gasteiger partial charge in [-0.25, -0.2) is 4.98 Å². The molecule has 2 N–H and O–H groups in total. The van der Waals surface area contributed by atoms with E-state index in [1.807, 2.05) is 6.07 Å². The van der Waals surface area contributed by atoms with Crippen LogP contribution in [0.4, 0.5) is 11.5 Å². The van der Waals surface area contributed by atoms with Gasteiger partial charge in [0.15, 0.2) is 0 Å². The van der Waals surface area contributed by atoms with Crippen LogP contribution >= 0.6 is 12.9 Å². The number of hydrogen-bond donors (Lipinski definition) is 2. The van der Waals surface area contributed by atoms with Crippen molar-refractivity contribution in [2.75, 3.05) is 23.7 Å². The summed E-state index contributed by atoms with van der Waals surface area (Å²) < 4.78 is 4.87. The lowest BCUT2D eigenvalue weighted by Crippen LogP contribution is -2.51. The summed E-state index contributed by atoms with van der Waals surface area (Å²) >= 11 is 3.75.